The van der Waals surface area contributed by atoms with Gasteiger partial charge < -0.3 is 9.47 Å². The molecule has 0 radical (unpaired) electrons. The van der Waals surface area contributed by atoms with Gasteiger partial charge in [0.15, 0.2) is 5.78 Å². The fraction of sp³-hybridized carbons (Fsp3) is 0.565. The highest BCUT2D eigenvalue weighted by Crippen LogP contribution is 2.46. The number of nitro benzene ring substituents is 1. The maximum Gasteiger partial charge on any atom is 0.314 e. The van der Waals surface area contributed by atoms with Crippen molar-refractivity contribution in [2.75, 3.05) is 7.11 Å². The summed E-state index contributed by atoms with van der Waals surface area (Å²) < 4.78 is 11.1. The molecular formula is C23H30ClNO6. The summed E-state index contributed by atoms with van der Waals surface area (Å²) in [5.41, 5.74) is -0.268. The number of nitro groups is 1. The van der Waals surface area contributed by atoms with Gasteiger partial charge in [0.1, 0.15) is 11.5 Å². The van der Waals surface area contributed by atoms with E-state index in [1.165, 1.54) is 19.2 Å². The second-order valence-corrected chi connectivity index (χ2v) is 9.08. The van der Waals surface area contributed by atoms with E-state index < -0.39 is 10.3 Å². The molecule has 7 nitrogen and oxygen atoms in total. The van der Waals surface area contributed by atoms with Gasteiger partial charge in [-0.15, -0.1) is 0 Å². The van der Waals surface area contributed by atoms with Crippen LogP contribution in [0, 0.1) is 21.4 Å². The Labute approximate surface area is 187 Å². The summed E-state index contributed by atoms with van der Waals surface area (Å²) in [5.74, 6) is -0.534. The van der Waals surface area contributed by atoms with Crippen molar-refractivity contribution in [3.63, 3.8) is 0 Å². The van der Waals surface area contributed by atoms with Crippen molar-refractivity contribution in [3.05, 3.63) is 38.6 Å². The van der Waals surface area contributed by atoms with Crippen molar-refractivity contribution in [3.8, 4) is 5.75 Å². The number of unbranched alkanes of at least 4 members (excludes halogenated alkanes) is 1. The quantitative estimate of drug-likeness (QED) is 0.255. The number of benzene rings is 1. The van der Waals surface area contributed by atoms with Crippen LogP contribution in [0.1, 0.15) is 71.8 Å². The normalized spacial score (nSPS) is 16.8. The average Bonchev–Trinajstić information content (AvgIpc) is 2.67. The number of nitrogens with zero attached hydrogens (tertiary/aromatic N) is 1. The lowest BCUT2D eigenvalue weighted by atomic mass is 9.75. The summed E-state index contributed by atoms with van der Waals surface area (Å²) in [7, 11) is 1.35. The van der Waals surface area contributed by atoms with Crippen molar-refractivity contribution >= 4 is 34.6 Å². The van der Waals surface area contributed by atoms with E-state index in [0.29, 0.717) is 19.3 Å². The molecule has 0 aromatic heterocycles. The topological polar surface area (TPSA) is 95.7 Å². The van der Waals surface area contributed by atoms with Gasteiger partial charge in [-0.25, -0.2) is 0 Å². The Balaban J connectivity index is 2.61. The molecule has 0 fully saturated rings. The Morgan fingerprint density at radius 1 is 1.29 bits per heavy atom. The highest BCUT2D eigenvalue weighted by molar-refractivity contribution is 6.36. The molecule has 0 amide bonds. The Bertz CT molecular complexity index is 906. The van der Waals surface area contributed by atoms with Crippen LogP contribution in [0.3, 0.4) is 0 Å². The molecule has 0 heterocycles. The van der Waals surface area contributed by atoms with Crippen LogP contribution >= 0.6 is 11.6 Å². The number of carbonyl (C=O) groups is 2. The van der Waals surface area contributed by atoms with Gasteiger partial charge in [0.05, 0.1) is 34.6 Å². The lowest BCUT2D eigenvalue weighted by Crippen LogP contribution is -2.28. The molecule has 1 unspecified atom stereocenters. The molecule has 1 atom stereocenters. The standard InChI is InChI=1S/C23H30ClNO6/c1-6-8-9-14(7-2)22(27)31-19-13-23(3,4)12-17(26)21(19)20-16(24)10-15(25(28)29)11-18(20)30-5/h10-11,14H,6-9,12-13H2,1-5H3. The summed E-state index contributed by atoms with van der Waals surface area (Å²) in [4.78, 5) is 36.7. The van der Waals surface area contributed by atoms with Crippen LogP contribution in [0.15, 0.2) is 17.9 Å². The zero-order valence-electron chi connectivity index (χ0n) is 18.7. The zero-order chi connectivity index (χ0) is 23.3. The maximum absolute atomic E-state index is 13.2. The molecule has 8 heteroatoms. The second-order valence-electron chi connectivity index (χ2n) is 8.67. The summed E-state index contributed by atoms with van der Waals surface area (Å²) in [6.07, 6.45) is 3.83. The van der Waals surface area contributed by atoms with Gasteiger partial charge in [-0.1, -0.05) is 52.1 Å². The molecule has 1 aromatic carbocycles. The predicted octanol–water partition coefficient (Wildman–Crippen LogP) is 6.12. The first kappa shape index (κ1) is 24.9. The fourth-order valence-corrected chi connectivity index (χ4v) is 4.15. The summed E-state index contributed by atoms with van der Waals surface area (Å²) in [6, 6.07) is 2.39. The van der Waals surface area contributed by atoms with Crippen LogP contribution in [0.5, 0.6) is 5.75 Å². The molecular weight excluding hydrogens is 422 g/mol. The van der Waals surface area contributed by atoms with Gasteiger partial charge >= 0.3 is 5.97 Å². The number of Topliss-reactive ketones (excluding diaryl/α,β-unsaturated/α-hetero) is 1. The smallest absolute Gasteiger partial charge is 0.314 e. The first-order valence-electron chi connectivity index (χ1n) is 10.5. The molecule has 170 valence electrons. The van der Waals surface area contributed by atoms with Gasteiger partial charge in [0.25, 0.3) is 5.69 Å². The minimum absolute atomic E-state index is 0.000629. The van der Waals surface area contributed by atoms with Crippen molar-refractivity contribution in [1.29, 1.82) is 0 Å². The highest BCUT2D eigenvalue weighted by Gasteiger charge is 2.38. The SMILES string of the molecule is CCCCC(CC)C(=O)OC1=C(c2c(Cl)cc([N+](=O)[O-])cc2OC)C(=O)CC(C)(C)C1. The van der Waals surface area contributed by atoms with Gasteiger partial charge in [0, 0.05) is 24.5 Å². The number of hydrogen-bond acceptors (Lipinski definition) is 6. The molecule has 1 aliphatic rings. The summed E-state index contributed by atoms with van der Waals surface area (Å²) in [5, 5.41) is 11.2. The molecule has 0 N–H and O–H groups in total. The van der Waals surface area contributed by atoms with Gasteiger partial charge in [0.2, 0.25) is 0 Å². The molecule has 0 saturated heterocycles. The third-order valence-electron chi connectivity index (χ3n) is 5.51. The Morgan fingerprint density at radius 2 is 1.97 bits per heavy atom. The molecule has 1 aromatic rings. The highest BCUT2D eigenvalue weighted by atomic mass is 35.5. The summed E-state index contributed by atoms with van der Waals surface area (Å²) >= 11 is 6.38. The number of halogens is 1. The molecule has 0 spiro atoms. The van der Waals surface area contributed by atoms with Crippen molar-refractivity contribution in [2.45, 2.75) is 66.2 Å². The molecule has 0 bridgehead atoms. The monoisotopic (exact) mass is 451 g/mol. The minimum atomic E-state index is -0.584. The fourth-order valence-electron chi connectivity index (χ4n) is 3.85. The van der Waals surface area contributed by atoms with E-state index in [9.17, 15) is 19.7 Å². The number of methoxy groups -OCH3 is 1. The van der Waals surface area contributed by atoms with Crippen LogP contribution in [0.2, 0.25) is 5.02 Å². The van der Waals surface area contributed by atoms with E-state index in [-0.39, 0.29) is 57.4 Å². The third-order valence-corrected chi connectivity index (χ3v) is 5.81. The van der Waals surface area contributed by atoms with E-state index in [1.54, 1.807) is 0 Å². The third kappa shape index (κ3) is 5.85. The van der Waals surface area contributed by atoms with Crippen molar-refractivity contribution in [2.24, 2.45) is 11.3 Å². The number of rotatable bonds is 9. The van der Waals surface area contributed by atoms with Crippen LogP contribution in [-0.4, -0.2) is 23.8 Å². The Hall–Kier alpha value is -2.41. The number of non-ortho nitro benzene ring substituents is 1. The van der Waals surface area contributed by atoms with Crippen molar-refractivity contribution in [1.82, 2.24) is 0 Å². The number of allylic oxidation sites excluding steroid dienone is 2. The molecule has 2 rings (SSSR count). The molecule has 31 heavy (non-hydrogen) atoms. The lowest BCUT2D eigenvalue weighted by Gasteiger charge is -2.32. The maximum atomic E-state index is 13.2. The molecule has 0 aliphatic heterocycles. The van der Waals surface area contributed by atoms with E-state index in [2.05, 4.69) is 6.92 Å². The van der Waals surface area contributed by atoms with E-state index >= 15 is 0 Å². The van der Waals surface area contributed by atoms with Crippen molar-refractivity contribution < 1.29 is 24.0 Å². The van der Waals surface area contributed by atoms with Gasteiger partial charge in [-0.05, 0) is 18.3 Å². The summed E-state index contributed by atoms with van der Waals surface area (Å²) in [6.45, 7) is 7.85. The average molecular weight is 452 g/mol. The van der Waals surface area contributed by atoms with Gasteiger partial charge in [-0.3, -0.25) is 19.7 Å². The molecule has 0 saturated carbocycles. The predicted molar refractivity (Wildman–Crippen MR) is 119 cm³/mol. The lowest BCUT2D eigenvalue weighted by molar-refractivity contribution is -0.384. The van der Waals surface area contributed by atoms with Crippen LogP contribution in [0.4, 0.5) is 5.69 Å². The number of hydrogen-bond donors (Lipinski definition) is 0. The van der Waals surface area contributed by atoms with Crippen LogP contribution in [-0.2, 0) is 14.3 Å². The number of ketones is 1. The Morgan fingerprint density at radius 3 is 2.52 bits per heavy atom. The minimum Gasteiger partial charge on any atom is -0.496 e. The van der Waals surface area contributed by atoms with Crippen LogP contribution < -0.4 is 4.74 Å². The first-order valence-corrected chi connectivity index (χ1v) is 10.9. The zero-order valence-corrected chi connectivity index (χ0v) is 19.5. The largest absolute Gasteiger partial charge is 0.496 e. The number of ether oxygens (including phenoxy) is 2. The number of carbonyl (C=O) groups excluding carboxylic acids is 2. The number of esters is 1. The second kappa shape index (κ2) is 10.3. The Kier molecular flexibility index (Phi) is 8.23. The first-order chi connectivity index (χ1) is 14.5. The van der Waals surface area contributed by atoms with E-state index in [0.717, 1.165) is 12.8 Å². The van der Waals surface area contributed by atoms with E-state index in [4.69, 9.17) is 21.1 Å². The van der Waals surface area contributed by atoms with Gasteiger partial charge in [-0.2, -0.15) is 0 Å². The van der Waals surface area contributed by atoms with Crippen LogP contribution in [0.25, 0.3) is 5.57 Å². The molecule has 1 aliphatic carbocycles. The van der Waals surface area contributed by atoms with E-state index in [1.807, 2.05) is 20.8 Å².